The fraction of sp³-hybridized carbons (Fsp3) is 0.500. The molecule has 0 unspecified atom stereocenters. The van der Waals surface area contributed by atoms with E-state index in [2.05, 4.69) is 26.0 Å². The summed E-state index contributed by atoms with van der Waals surface area (Å²) >= 11 is 0. The van der Waals surface area contributed by atoms with Crippen LogP contribution in [0.3, 0.4) is 0 Å². The van der Waals surface area contributed by atoms with E-state index in [1.165, 1.54) is 43.2 Å². The van der Waals surface area contributed by atoms with E-state index in [9.17, 15) is 10.2 Å². The SMILES string of the molecule is Cc1ccc(O)c(C23CC4CC(C2)CC(c2cc(C)ccc2O)(C4)C3)c1. The van der Waals surface area contributed by atoms with Crippen LogP contribution in [0.5, 0.6) is 11.5 Å². The Kier molecular flexibility index (Phi) is 3.30. The second-order valence-electron chi connectivity index (χ2n) is 9.56. The predicted octanol–water partition coefficient (Wildman–Crippen LogP) is 5.50. The van der Waals surface area contributed by atoms with Crippen molar-refractivity contribution in [1.82, 2.24) is 0 Å². The molecule has 4 saturated carbocycles. The molecule has 26 heavy (non-hydrogen) atoms. The van der Waals surface area contributed by atoms with Gasteiger partial charge < -0.3 is 10.2 Å². The number of aromatic hydroxyl groups is 2. The van der Waals surface area contributed by atoms with Crippen LogP contribution in [0.2, 0.25) is 0 Å². The van der Waals surface area contributed by atoms with Crippen LogP contribution in [0.1, 0.15) is 60.8 Å². The molecule has 0 spiro atoms. The molecular formula is C24H28O2. The fourth-order valence-corrected chi connectivity index (χ4v) is 7.04. The zero-order chi connectivity index (χ0) is 18.1. The first-order valence-corrected chi connectivity index (χ1v) is 9.99. The number of hydrogen-bond donors (Lipinski definition) is 2. The maximum atomic E-state index is 10.7. The van der Waals surface area contributed by atoms with Gasteiger partial charge in [0, 0.05) is 22.0 Å². The molecule has 2 heteroatoms. The normalized spacial score (nSPS) is 35.0. The standard InChI is InChI=1S/C24H28O2/c1-15-3-5-21(25)19(7-15)23-10-17-9-18(11-23)13-24(12-17,14-23)20-8-16(2)4-6-22(20)26/h3-8,17-18,25-26H,9-14H2,1-2H3. The molecule has 2 aromatic carbocycles. The van der Waals surface area contributed by atoms with Crippen LogP contribution in [0, 0.1) is 25.7 Å². The second kappa shape index (κ2) is 5.28. The van der Waals surface area contributed by atoms with Crippen molar-refractivity contribution in [2.45, 2.75) is 63.2 Å². The van der Waals surface area contributed by atoms with Gasteiger partial charge in [0.15, 0.2) is 0 Å². The monoisotopic (exact) mass is 348 g/mol. The Morgan fingerprint density at radius 2 is 1.15 bits per heavy atom. The molecular weight excluding hydrogens is 320 g/mol. The van der Waals surface area contributed by atoms with E-state index in [-0.39, 0.29) is 10.8 Å². The summed E-state index contributed by atoms with van der Waals surface area (Å²) < 4.78 is 0. The summed E-state index contributed by atoms with van der Waals surface area (Å²) in [5.74, 6) is 2.33. The molecule has 4 fully saturated rings. The number of phenolic OH excluding ortho intramolecular Hbond substituents is 2. The first kappa shape index (κ1) is 16.2. The summed E-state index contributed by atoms with van der Waals surface area (Å²) in [4.78, 5) is 0. The Morgan fingerprint density at radius 3 is 1.58 bits per heavy atom. The minimum Gasteiger partial charge on any atom is -0.508 e. The highest BCUT2D eigenvalue weighted by atomic mass is 16.3. The van der Waals surface area contributed by atoms with Gasteiger partial charge in [-0.2, -0.15) is 0 Å². The molecule has 0 aliphatic heterocycles. The predicted molar refractivity (Wildman–Crippen MR) is 104 cm³/mol. The van der Waals surface area contributed by atoms with Gasteiger partial charge in [-0.1, -0.05) is 35.4 Å². The molecule has 0 saturated heterocycles. The summed E-state index contributed by atoms with van der Waals surface area (Å²) in [5, 5.41) is 21.4. The Hall–Kier alpha value is -1.96. The van der Waals surface area contributed by atoms with Crippen molar-refractivity contribution in [3.63, 3.8) is 0 Å². The van der Waals surface area contributed by atoms with Crippen molar-refractivity contribution in [2.75, 3.05) is 0 Å². The zero-order valence-electron chi connectivity index (χ0n) is 15.8. The molecule has 4 aliphatic rings. The second-order valence-corrected chi connectivity index (χ2v) is 9.56. The van der Waals surface area contributed by atoms with Gasteiger partial charge in [0.05, 0.1) is 0 Å². The summed E-state index contributed by atoms with van der Waals surface area (Å²) in [5.41, 5.74) is 4.89. The zero-order valence-corrected chi connectivity index (χ0v) is 15.8. The molecule has 4 aliphatic carbocycles. The molecule has 0 atom stereocenters. The first-order chi connectivity index (χ1) is 12.4. The van der Waals surface area contributed by atoms with Crippen molar-refractivity contribution in [3.05, 3.63) is 58.7 Å². The Morgan fingerprint density at radius 1 is 0.731 bits per heavy atom. The summed E-state index contributed by atoms with van der Waals surface area (Å²) in [6, 6.07) is 12.2. The van der Waals surface area contributed by atoms with E-state index in [4.69, 9.17) is 0 Å². The van der Waals surface area contributed by atoms with Crippen molar-refractivity contribution in [1.29, 1.82) is 0 Å². The van der Waals surface area contributed by atoms with Gasteiger partial charge in [-0.3, -0.25) is 0 Å². The van der Waals surface area contributed by atoms with E-state index < -0.39 is 0 Å². The average molecular weight is 348 g/mol. The number of benzene rings is 2. The third kappa shape index (κ3) is 2.24. The van der Waals surface area contributed by atoms with Crippen LogP contribution in [-0.2, 0) is 10.8 Å². The fourth-order valence-electron chi connectivity index (χ4n) is 7.04. The summed E-state index contributed by atoms with van der Waals surface area (Å²) in [6.45, 7) is 4.23. The lowest BCUT2D eigenvalue weighted by Crippen LogP contribution is -2.56. The van der Waals surface area contributed by atoms with E-state index in [0.717, 1.165) is 17.5 Å². The number of hydrogen-bond acceptors (Lipinski definition) is 2. The van der Waals surface area contributed by atoms with E-state index in [0.29, 0.717) is 23.3 Å². The van der Waals surface area contributed by atoms with Crippen LogP contribution < -0.4 is 0 Å². The lowest BCUT2D eigenvalue weighted by atomic mass is 9.41. The molecule has 0 aromatic heterocycles. The summed E-state index contributed by atoms with van der Waals surface area (Å²) in [7, 11) is 0. The molecule has 136 valence electrons. The van der Waals surface area contributed by atoms with Gasteiger partial charge in [0.2, 0.25) is 0 Å². The molecule has 4 bridgehead atoms. The van der Waals surface area contributed by atoms with Crippen LogP contribution in [0.25, 0.3) is 0 Å². The van der Waals surface area contributed by atoms with E-state index in [1.807, 2.05) is 24.3 Å². The topological polar surface area (TPSA) is 40.5 Å². The van der Waals surface area contributed by atoms with Crippen molar-refractivity contribution in [3.8, 4) is 11.5 Å². The molecule has 0 heterocycles. The maximum absolute atomic E-state index is 10.7. The smallest absolute Gasteiger partial charge is 0.119 e. The Balaban J connectivity index is 1.67. The third-order valence-electron chi connectivity index (χ3n) is 7.51. The highest BCUT2D eigenvalue weighted by Gasteiger charge is 2.59. The number of aryl methyl sites for hydroxylation is 2. The molecule has 0 radical (unpaired) electrons. The van der Waals surface area contributed by atoms with E-state index in [1.54, 1.807) is 0 Å². The minimum absolute atomic E-state index is 0.0658. The van der Waals surface area contributed by atoms with Crippen LogP contribution in [0.4, 0.5) is 0 Å². The molecule has 0 amide bonds. The number of rotatable bonds is 2. The maximum Gasteiger partial charge on any atom is 0.119 e. The van der Waals surface area contributed by atoms with Crippen LogP contribution >= 0.6 is 0 Å². The van der Waals surface area contributed by atoms with Crippen molar-refractivity contribution in [2.24, 2.45) is 11.8 Å². The van der Waals surface area contributed by atoms with Gasteiger partial charge in [-0.05, 0) is 76.3 Å². The average Bonchev–Trinajstić information content (AvgIpc) is 2.58. The molecule has 2 nitrogen and oxygen atoms in total. The Labute approximate surface area is 155 Å². The lowest BCUT2D eigenvalue weighted by Gasteiger charge is -2.62. The molecule has 2 N–H and O–H groups in total. The van der Waals surface area contributed by atoms with Gasteiger partial charge in [-0.15, -0.1) is 0 Å². The number of phenols is 2. The van der Waals surface area contributed by atoms with Crippen LogP contribution in [-0.4, -0.2) is 10.2 Å². The Bertz CT molecular complexity index is 798. The van der Waals surface area contributed by atoms with Crippen molar-refractivity contribution >= 4 is 0 Å². The van der Waals surface area contributed by atoms with Crippen molar-refractivity contribution < 1.29 is 10.2 Å². The van der Waals surface area contributed by atoms with Crippen LogP contribution in [0.15, 0.2) is 36.4 Å². The van der Waals surface area contributed by atoms with Gasteiger partial charge >= 0.3 is 0 Å². The van der Waals surface area contributed by atoms with E-state index >= 15 is 0 Å². The largest absolute Gasteiger partial charge is 0.508 e. The highest BCUT2D eigenvalue weighted by Crippen LogP contribution is 2.67. The third-order valence-corrected chi connectivity index (χ3v) is 7.51. The quantitative estimate of drug-likeness (QED) is 0.752. The first-order valence-electron chi connectivity index (χ1n) is 9.99. The summed E-state index contributed by atoms with van der Waals surface area (Å²) in [6.07, 6.45) is 7.14. The molecule has 2 aromatic rings. The highest BCUT2D eigenvalue weighted by molar-refractivity contribution is 5.48. The lowest BCUT2D eigenvalue weighted by molar-refractivity contribution is -0.0297. The van der Waals surface area contributed by atoms with Gasteiger partial charge in [0.25, 0.3) is 0 Å². The molecule has 6 rings (SSSR count). The van der Waals surface area contributed by atoms with Gasteiger partial charge in [-0.25, -0.2) is 0 Å². The minimum atomic E-state index is 0.0658. The van der Waals surface area contributed by atoms with Gasteiger partial charge in [0.1, 0.15) is 11.5 Å².